The number of aromatic nitrogens is 3. The molecule has 218 valence electrons. The number of Topliss-reactive ketones (excluding diaryl/α,β-unsaturated/α-hetero) is 1. The van der Waals surface area contributed by atoms with Gasteiger partial charge in [-0.15, -0.1) is 0 Å². The first-order valence-corrected chi connectivity index (χ1v) is 14.6. The number of aromatic amines is 3. The van der Waals surface area contributed by atoms with Gasteiger partial charge in [-0.2, -0.15) is 0 Å². The van der Waals surface area contributed by atoms with Crippen molar-refractivity contribution in [3.63, 3.8) is 0 Å². The zero-order valence-electron chi connectivity index (χ0n) is 25.0. The van der Waals surface area contributed by atoms with Crippen molar-refractivity contribution in [2.24, 2.45) is 17.8 Å². The minimum absolute atomic E-state index is 0.151. The summed E-state index contributed by atoms with van der Waals surface area (Å²) in [6, 6.07) is -0.233. The molecule has 1 saturated heterocycles. The van der Waals surface area contributed by atoms with E-state index in [1.54, 1.807) is 0 Å². The summed E-state index contributed by atoms with van der Waals surface area (Å²) in [5.74, 6) is -1.46. The maximum absolute atomic E-state index is 14.0. The number of aliphatic hydroxyl groups excluding tert-OH is 1. The van der Waals surface area contributed by atoms with E-state index >= 15 is 0 Å². The molecule has 0 spiro atoms. The van der Waals surface area contributed by atoms with Crippen molar-refractivity contribution >= 4 is 47.9 Å². The number of esters is 1. The predicted molar refractivity (Wildman–Crippen MR) is 165 cm³/mol. The first-order valence-electron chi connectivity index (χ1n) is 14.6. The lowest BCUT2D eigenvalue weighted by Gasteiger charge is -2.24. The fourth-order valence-corrected chi connectivity index (χ4v) is 7.39. The van der Waals surface area contributed by atoms with E-state index in [-0.39, 0.29) is 23.7 Å². The van der Waals surface area contributed by atoms with Crippen molar-refractivity contribution in [1.82, 2.24) is 20.3 Å². The summed E-state index contributed by atoms with van der Waals surface area (Å²) < 4.78 is 5.18. The average Bonchev–Trinajstić information content (AvgIpc) is 3.72. The van der Waals surface area contributed by atoms with Gasteiger partial charge in [0.25, 0.3) is 0 Å². The molecule has 1 fully saturated rings. The Hall–Kier alpha value is -4.46. The van der Waals surface area contributed by atoms with Gasteiger partial charge in [-0.3, -0.25) is 9.59 Å². The van der Waals surface area contributed by atoms with Gasteiger partial charge in [0.05, 0.1) is 30.1 Å². The van der Waals surface area contributed by atoms with E-state index in [2.05, 4.69) is 53.7 Å². The molecule has 8 bridgehead atoms. The molecule has 0 aromatic carbocycles. The van der Waals surface area contributed by atoms with E-state index in [0.717, 1.165) is 74.0 Å². The van der Waals surface area contributed by atoms with Crippen LogP contribution in [0.25, 0.3) is 36.1 Å². The average molecular weight is 567 g/mol. The van der Waals surface area contributed by atoms with E-state index in [1.165, 1.54) is 7.11 Å². The van der Waals surface area contributed by atoms with Crippen molar-refractivity contribution in [3.05, 3.63) is 78.4 Å². The van der Waals surface area contributed by atoms with E-state index in [9.17, 15) is 14.7 Å². The monoisotopic (exact) mass is 566 g/mol. The van der Waals surface area contributed by atoms with Crippen molar-refractivity contribution in [2.75, 3.05) is 7.11 Å². The Kier molecular flexibility index (Phi) is 6.67. The molecule has 0 saturated carbocycles. The van der Waals surface area contributed by atoms with Gasteiger partial charge >= 0.3 is 5.97 Å². The fourth-order valence-electron chi connectivity index (χ4n) is 7.39. The first kappa shape index (κ1) is 27.7. The maximum atomic E-state index is 14.0. The normalized spacial score (nSPS) is 25.8. The molecule has 3 aromatic heterocycles. The number of rotatable bonds is 4. The maximum Gasteiger partial charge on any atom is 0.320 e. The second-order valence-corrected chi connectivity index (χ2v) is 11.6. The van der Waals surface area contributed by atoms with Crippen LogP contribution in [-0.4, -0.2) is 45.0 Å². The van der Waals surface area contributed by atoms with Gasteiger partial charge in [-0.1, -0.05) is 39.8 Å². The number of nitrogens with one attached hydrogen (secondary N) is 4. The highest BCUT2D eigenvalue weighted by atomic mass is 16.5. The molecule has 5 N–H and O–H groups in total. The molecular formula is C34H38N4O4. The number of methoxy groups -OCH3 is 1. The number of hydrogen-bond donors (Lipinski definition) is 5. The minimum atomic E-state index is -0.999. The standard InChI is InChI=1S/C34H38N4O4/c1-8-18-15(4)22-11-23-16(5)19(9-2)31(37-23)29-30(34(41)42-7)33(40)28-17(6)24(38-32(28)29)12-26-20(10-3)21(14-39)27(36-26)13-25(18)35-22/h8,11-14,16,19,30-31,35-39H,1,9-10H2,2-7H3/b21-14-,23-11-,24-12-,27-13-/t16-,19-,30+,31?/m0/s1. The molecule has 8 heteroatoms. The van der Waals surface area contributed by atoms with Gasteiger partial charge in [0.1, 0.15) is 5.92 Å². The summed E-state index contributed by atoms with van der Waals surface area (Å²) in [5.41, 5.74) is 8.79. The van der Waals surface area contributed by atoms with Crippen molar-refractivity contribution in [1.29, 1.82) is 0 Å². The lowest BCUT2D eigenvalue weighted by atomic mass is 9.81. The Morgan fingerprint density at radius 3 is 2.43 bits per heavy atom. The van der Waals surface area contributed by atoms with Crippen LogP contribution in [0.1, 0.15) is 76.9 Å². The van der Waals surface area contributed by atoms with Crippen LogP contribution in [0, 0.1) is 31.6 Å². The molecule has 1 unspecified atom stereocenters. The number of ether oxygens (including phenoxy) is 1. The van der Waals surface area contributed by atoms with Crippen LogP contribution in [0.2, 0.25) is 0 Å². The van der Waals surface area contributed by atoms with Gasteiger partial charge < -0.3 is 30.1 Å². The highest BCUT2D eigenvalue weighted by Crippen LogP contribution is 2.41. The van der Waals surface area contributed by atoms with Gasteiger partial charge in [-0.25, -0.2) is 0 Å². The second-order valence-electron chi connectivity index (χ2n) is 11.6. The Morgan fingerprint density at radius 1 is 1.05 bits per heavy atom. The number of carbonyl (C=O) groups is 2. The Balaban J connectivity index is 1.77. The molecule has 2 aliphatic heterocycles. The van der Waals surface area contributed by atoms with Gasteiger partial charge in [0.15, 0.2) is 5.78 Å². The van der Waals surface area contributed by atoms with E-state index in [1.807, 2.05) is 32.1 Å². The number of H-pyrrole nitrogens is 3. The van der Waals surface area contributed by atoms with Crippen LogP contribution in [-0.2, 0) is 16.0 Å². The van der Waals surface area contributed by atoms with Crippen molar-refractivity contribution in [2.45, 2.75) is 53.5 Å². The number of hydrogen-bond acceptors (Lipinski definition) is 5. The Bertz CT molecular complexity index is 1950. The van der Waals surface area contributed by atoms with Gasteiger partial charge in [0.2, 0.25) is 0 Å². The predicted octanol–water partition coefficient (Wildman–Crippen LogP) is 2.57. The molecule has 42 heavy (non-hydrogen) atoms. The van der Waals surface area contributed by atoms with Crippen LogP contribution in [0.4, 0.5) is 0 Å². The summed E-state index contributed by atoms with van der Waals surface area (Å²) in [7, 11) is 1.34. The summed E-state index contributed by atoms with van der Waals surface area (Å²) in [6.07, 6.45) is 10.7. The lowest BCUT2D eigenvalue weighted by molar-refractivity contribution is -0.141. The molecule has 0 amide bonds. The van der Waals surface area contributed by atoms with Crippen LogP contribution in [0.3, 0.4) is 0 Å². The number of ketones is 1. The van der Waals surface area contributed by atoms with Crippen LogP contribution in [0.5, 0.6) is 0 Å². The minimum Gasteiger partial charge on any atom is -0.515 e. The second kappa shape index (κ2) is 10.1. The summed E-state index contributed by atoms with van der Waals surface area (Å²) in [4.78, 5) is 37.7. The molecule has 0 radical (unpaired) electrons. The smallest absolute Gasteiger partial charge is 0.320 e. The highest BCUT2D eigenvalue weighted by Gasteiger charge is 2.48. The van der Waals surface area contributed by atoms with E-state index in [4.69, 9.17) is 4.74 Å². The summed E-state index contributed by atoms with van der Waals surface area (Å²) in [6.45, 7) is 14.5. The van der Waals surface area contributed by atoms with Crippen molar-refractivity contribution < 1.29 is 19.4 Å². The number of fused-ring (bicyclic) bond motifs is 8. The van der Waals surface area contributed by atoms with Crippen LogP contribution < -0.4 is 26.6 Å². The number of aliphatic hydroxyl groups is 1. The Labute approximate surface area is 244 Å². The molecule has 6 rings (SSSR count). The zero-order valence-corrected chi connectivity index (χ0v) is 25.0. The van der Waals surface area contributed by atoms with Gasteiger partial charge in [-0.05, 0) is 66.7 Å². The number of carbonyl (C=O) groups excluding carboxylic acids is 2. The van der Waals surface area contributed by atoms with E-state index in [0.29, 0.717) is 22.6 Å². The molecule has 8 nitrogen and oxygen atoms in total. The molecule has 4 atom stereocenters. The number of allylic oxidation sites excluding steroid dienone is 1. The summed E-state index contributed by atoms with van der Waals surface area (Å²) in [5, 5.41) is 17.0. The quantitative estimate of drug-likeness (QED) is 0.246. The third-order valence-electron chi connectivity index (χ3n) is 9.66. The first-order chi connectivity index (χ1) is 20.2. The van der Waals surface area contributed by atoms with Crippen LogP contribution >= 0.6 is 0 Å². The van der Waals surface area contributed by atoms with Crippen molar-refractivity contribution in [3.8, 4) is 0 Å². The zero-order chi connectivity index (χ0) is 30.0. The highest BCUT2D eigenvalue weighted by molar-refractivity contribution is 6.19. The molecule has 5 heterocycles. The van der Waals surface area contributed by atoms with Crippen LogP contribution in [0.15, 0.2) is 12.3 Å². The SMILES string of the molecule is C=Cc1c2[nH]c(c1C)/C=C1\NC(C3=c4[nH]/c(c(C)c4C(=O)[C@@H]3C(=O)OC)=C\c3[nH]c(/c(=C\O)c3CC)=C\2)[C@@H](CC)[C@@H]1C. The molecule has 1 aliphatic carbocycles. The summed E-state index contributed by atoms with van der Waals surface area (Å²) >= 11 is 0. The fraction of sp³-hybridized carbons (Fsp3) is 0.353. The molecule has 3 aliphatic rings. The Morgan fingerprint density at radius 2 is 1.79 bits per heavy atom. The topological polar surface area (TPSA) is 123 Å². The third kappa shape index (κ3) is 3.81. The largest absolute Gasteiger partial charge is 0.515 e. The lowest BCUT2D eigenvalue weighted by Crippen LogP contribution is -2.37. The molecular weight excluding hydrogens is 528 g/mol. The third-order valence-corrected chi connectivity index (χ3v) is 9.66. The van der Waals surface area contributed by atoms with Gasteiger partial charge in [0, 0.05) is 50.4 Å². The van der Waals surface area contributed by atoms with E-state index < -0.39 is 11.9 Å². The molecule has 3 aromatic rings.